The number of carbonyl (C=O) groups is 1. The second kappa shape index (κ2) is 13.5. The minimum Gasteiger partial charge on any atom is -0.265 e. The summed E-state index contributed by atoms with van der Waals surface area (Å²) in [6.45, 7) is 1.17. The maximum atomic E-state index is 13.2. The van der Waals surface area contributed by atoms with Gasteiger partial charge in [-0.2, -0.15) is 0 Å². The Morgan fingerprint density at radius 3 is 2.12 bits per heavy atom. The molecule has 1 amide bonds. The zero-order valence-corrected chi connectivity index (χ0v) is 23.1. The molecule has 0 saturated heterocycles. The van der Waals surface area contributed by atoms with E-state index in [0.29, 0.717) is 22.3 Å². The Morgan fingerprint density at radius 2 is 1.50 bits per heavy atom. The van der Waals surface area contributed by atoms with Crippen LogP contribution in [0.15, 0.2) is 116 Å². The van der Waals surface area contributed by atoms with Gasteiger partial charge >= 0.3 is 164 Å². The standard InChI is InChI=1S/C20H17AsFNO5.C9H7N3/c1-14(24)23-27-21(25,28-26)20-13-17(15-7-10-18(22)11-8-15)9-12-19(20)16-5-3-2-4-6-16;1-4-10-5-2-8(1)9-3-6-11-7-12-9/h2-13,26H,1H3,(H,23,24);1-7H. The first-order valence-electron chi connectivity index (χ1n) is 11.9. The third-order valence-corrected chi connectivity index (χ3v) is 8.69. The molecule has 11 heteroatoms. The van der Waals surface area contributed by atoms with E-state index < -0.39 is 20.1 Å². The summed E-state index contributed by atoms with van der Waals surface area (Å²) in [5.74, 6) is -0.984. The van der Waals surface area contributed by atoms with Gasteiger partial charge in [0.15, 0.2) is 0 Å². The molecule has 2 N–H and O–H groups in total. The summed E-state index contributed by atoms with van der Waals surface area (Å²) >= 11 is -5.08. The molecule has 202 valence electrons. The largest absolute Gasteiger partial charge is 0.265 e. The first kappa shape index (κ1) is 28.5. The smallest absolute Gasteiger partial charge is 0.116 e. The van der Waals surface area contributed by atoms with Crippen molar-refractivity contribution in [3.63, 3.8) is 0 Å². The number of aromatic nitrogens is 3. The van der Waals surface area contributed by atoms with Crippen LogP contribution in [0.4, 0.5) is 4.39 Å². The SMILES string of the molecule is CC(=O)NO[As](=O)(OO)c1cc(-c2ccc(F)cc2)ccc1-c1ccccc1.c1cc(-c2ccncn2)ccn1. The Labute approximate surface area is 232 Å². The van der Waals surface area contributed by atoms with E-state index in [0.717, 1.165) is 11.3 Å². The summed E-state index contributed by atoms with van der Waals surface area (Å²) in [6.07, 6.45) is 6.76. The van der Waals surface area contributed by atoms with Crippen molar-refractivity contribution >= 4 is 24.4 Å². The Bertz CT molecular complexity index is 1550. The van der Waals surface area contributed by atoms with Crippen molar-refractivity contribution in [2.45, 2.75) is 6.92 Å². The summed E-state index contributed by atoms with van der Waals surface area (Å²) in [6, 6.07) is 25.5. The molecule has 40 heavy (non-hydrogen) atoms. The van der Waals surface area contributed by atoms with Gasteiger partial charge in [-0.1, -0.05) is 0 Å². The number of hydrogen-bond donors (Lipinski definition) is 2. The Balaban J connectivity index is 0.000000255. The van der Waals surface area contributed by atoms with Crippen LogP contribution in [0.3, 0.4) is 0 Å². The maximum absolute atomic E-state index is 13.2. The number of carbonyl (C=O) groups excluding carboxylic acids is 1. The molecule has 5 rings (SSSR count). The number of pyridine rings is 1. The average molecular weight is 602 g/mol. The molecule has 9 nitrogen and oxygen atoms in total. The molecule has 0 saturated carbocycles. The average Bonchev–Trinajstić information content (AvgIpc) is 3.01. The monoisotopic (exact) mass is 602 g/mol. The fraction of sp³-hybridized carbons (Fsp3) is 0.0345. The third kappa shape index (κ3) is 7.34. The molecule has 0 aliphatic heterocycles. The summed E-state index contributed by atoms with van der Waals surface area (Å²) in [4.78, 5) is 23.1. The van der Waals surface area contributed by atoms with Crippen LogP contribution in [0.5, 0.6) is 0 Å². The zero-order chi connectivity index (χ0) is 28.4. The number of rotatable bonds is 7. The molecule has 0 aliphatic rings. The van der Waals surface area contributed by atoms with E-state index in [1.807, 2.05) is 29.7 Å². The predicted octanol–water partition coefficient (Wildman–Crippen LogP) is 4.83. The van der Waals surface area contributed by atoms with Gasteiger partial charge in [0.1, 0.15) is 6.33 Å². The fourth-order valence-corrected chi connectivity index (χ4v) is 6.31. The van der Waals surface area contributed by atoms with Gasteiger partial charge in [-0.15, -0.1) is 0 Å². The van der Waals surface area contributed by atoms with Crippen molar-refractivity contribution in [3.8, 4) is 33.5 Å². The Kier molecular flexibility index (Phi) is 9.66. The molecule has 0 radical (unpaired) electrons. The molecule has 0 aliphatic carbocycles. The van der Waals surface area contributed by atoms with Gasteiger partial charge in [0.05, 0.1) is 5.69 Å². The van der Waals surface area contributed by atoms with E-state index in [9.17, 15) is 18.2 Å². The minimum atomic E-state index is -5.08. The summed E-state index contributed by atoms with van der Waals surface area (Å²) in [7, 11) is 0. The number of nitrogens with zero attached hydrogens (tertiary/aromatic N) is 3. The molecule has 0 fully saturated rings. The van der Waals surface area contributed by atoms with Crippen LogP contribution < -0.4 is 9.83 Å². The number of hydrogen-bond acceptors (Lipinski definition) is 8. The topological polar surface area (TPSA) is 124 Å². The molecule has 5 aromatic rings. The summed E-state index contributed by atoms with van der Waals surface area (Å²) < 4.78 is 35.8. The predicted molar refractivity (Wildman–Crippen MR) is 147 cm³/mol. The van der Waals surface area contributed by atoms with E-state index in [1.54, 1.807) is 67.1 Å². The van der Waals surface area contributed by atoms with Gasteiger partial charge in [-0.3, -0.25) is 4.98 Å². The number of nitrogens with one attached hydrogen (secondary N) is 1. The molecule has 2 heterocycles. The van der Waals surface area contributed by atoms with E-state index in [-0.39, 0.29) is 10.2 Å². The Hall–Kier alpha value is -4.47. The van der Waals surface area contributed by atoms with Gasteiger partial charge in [0, 0.05) is 24.2 Å². The zero-order valence-electron chi connectivity index (χ0n) is 21.2. The van der Waals surface area contributed by atoms with Crippen LogP contribution in [0.2, 0.25) is 0 Å². The van der Waals surface area contributed by atoms with Gasteiger partial charge in [0.25, 0.3) is 0 Å². The van der Waals surface area contributed by atoms with E-state index in [1.165, 1.54) is 31.5 Å². The molecule has 0 spiro atoms. The summed E-state index contributed by atoms with van der Waals surface area (Å²) in [5, 5.41) is 9.36. The van der Waals surface area contributed by atoms with E-state index >= 15 is 0 Å². The van der Waals surface area contributed by atoms with Crippen molar-refractivity contribution in [2.24, 2.45) is 0 Å². The van der Waals surface area contributed by atoms with Crippen molar-refractivity contribution in [2.75, 3.05) is 0 Å². The number of benzene rings is 3. The van der Waals surface area contributed by atoms with Crippen molar-refractivity contribution < 1.29 is 25.9 Å². The minimum absolute atomic E-state index is 0.0994. The van der Waals surface area contributed by atoms with Crippen LogP contribution in [-0.4, -0.2) is 40.3 Å². The normalized spacial score (nSPS) is 12.0. The van der Waals surface area contributed by atoms with Crippen molar-refractivity contribution in [1.29, 1.82) is 0 Å². The fourth-order valence-electron chi connectivity index (χ4n) is 3.66. The van der Waals surface area contributed by atoms with Gasteiger partial charge in [-0.25, -0.2) is 9.97 Å². The number of hydroxylamine groups is 1. The molecule has 2 aromatic heterocycles. The quantitative estimate of drug-likeness (QED) is 0.154. The summed E-state index contributed by atoms with van der Waals surface area (Å²) in [5.41, 5.74) is 6.46. The third-order valence-electron chi connectivity index (χ3n) is 5.53. The second-order valence-corrected chi connectivity index (χ2v) is 12.1. The van der Waals surface area contributed by atoms with E-state index in [2.05, 4.69) is 18.8 Å². The first-order valence-corrected chi connectivity index (χ1v) is 15.1. The molecular formula is C29H24AsFN4O5. The first-order chi connectivity index (χ1) is 19.4. The van der Waals surface area contributed by atoms with Crippen molar-refractivity contribution in [3.05, 3.63) is 122 Å². The molecule has 0 bridgehead atoms. The number of amides is 1. The molecular weight excluding hydrogens is 578 g/mol. The van der Waals surface area contributed by atoms with Crippen LogP contribution >= 0.6 is 0 Å². The van der Waals surface area contributed by atoms with Crippen LogP contribution in [-0.2, 0) is 16.2 Å². The van der Waals surface area contributed by atoms with Gasteiger partial charge in [-0.05, 0) is 18.2 Å². The molecule has 1 atom stereocenters. The van der Waals surface area contributed by atoms with E-state index in [4.69, 9.17) is 3.83 Å². The Morgan fingerprint density at radius 1 is 0.825 bits per heavy atom. The second-order valence-electron chi connectivity index (χ2n) is 8.26. The van der Waals surface area contributed by atoms with Crippen molar-refractivity contribution in [1.82, 2.24) is 20.4 Å². The maximum Gasteiger partial charge on any atom is 0.116 e. The molecule has 1 unspecified atom stereocenters. The van der Waals surface area contributed by atoms with Gasteiger partial charge in [0.2, 0.25) is 0 Å². The molecule has 3 aromatic carbocycles. The van der Waals surface area contributed by atoms with Crippen LogP contribution in [0.1, 0.15) is 6.92 Å². The van der Waals surface area contributed by atoms with Crippen LogP contribution in [0, 0.1) is 5.82 Å². The number of halogens is 1. The van der Waals surface area contributed by atoms with Crippen LogP contribution in [0.25, 0.3) is 33.5 Å². The van der Waals surface area contributed by atoms with Gasteiger partial charge < -0.3 is 0 Å².